The molecule has 9 nitrogen and oxygen atoms in total. The number of aromatic nitrogens is 4. The number of carbonyl (C=O) groups is 1. The van der Waals surface area contributed by atoms with Gasteiger partial charge in [-0.15, -0.1) is 5.10 Å². The van der Waals surface area contributed by atoms with Gasteiger partial charge in [0.2, 0.25) is 15.9 Å². The van der Waals surface area contributed by atoms with Gasteiger partial charge in [-0.25, -0.2) is 17.4 Å². The van der Waals surface area contributed by atoms with Crippen molar-refractivity contribution < 1.29 is 13.2 Å². The SMILES string of the molecule is CS(=O)(=O)N1CCC(C(=O)NCc2cn(-c3ccncc3)nn2)CC1. The maximum atomic E-state index is 12.3. The zero-order valence-corrected chi connectivity index (χ0v) is 14.7. The molecule has 134 valence electrons. The van der Waals surface area contributed by atoms with Gasteiger partial charge in [0.15, 0.2) is 0 Å². The number of nitrogens with one attached hydrogen (secondary N) is 1. The van der Waals surface area contributed by atoms with Crippen molar-refractivity contribution in [3.05, 3.63) is 36.4 Å². The van der Waals surface area contributed by atoms with Gasteiger partial charge in [-0.2, -0.15) is 0 Å². The number of sulfonamides is 1. The summed E-state index contributed by atoms with van der Waals surface area (Å²) in [6.07, 6.45) is 7.34. The molecule has 1 fully saturated rings. The highest BCUT2D eigenvalue weighted by Gasteiger charge is 2.28. The number of carbonyl (C=O) groups excluding carboxylic acids is 1. The fraction of sp³-hybridized carbons (Fsp3) is 0.467. The first-order valence-corrected chi connectivity index (χ1v) is 9.83. The van der Waals surface area contributed by atoms with E-state index in [0.717, 1.165) is 5.69 Å². The van der Waals surface area contributed by atoms with E-state index in [0.29, 0.717) is 31.6 Å². The fourth-order valence-electron chi connectivity index (χ4n) is 2.77. The van der Waals surface area contributed by atoms with Crippen LogP contribution in [0.1, 0.15) is 18.5 Å². The molecule has 0 spiro atoms. The number of pyridine rings is 1. The van der Waals surface area contributed by atoms with Crippen LogP contribution in [0.15, 0.2) is 30.7 Å². The first kappa shape index (κ1) is 17.5. The van der Waals surface area contributed by atoms with Crippen molar-refractivity contribution in [3.63, 3.8) is 0 Å². The van der Waals surface area contributed by atoms with E-state index in [1.807, 2.05) is 12.1 Å². The maximum Gasteiger partial charge on any atom is 0.223 e. The van der Waals surface area contributed by atoms with Gasteiger partial charge in [0.25, 0.3) is 0 Å². The lowest BCUT2D eigenvalue weighted by molar-refractivity contribution is -0.126. The summed E-state index contributed by atoms with van der Waals surface area (Å²) >= 11 is 0. The van der Waals surface area contributed by atoms with Crippen LogP contribution in [-0.2, 0) is 21.4 Å². The van der Waals surface area contributed by atoms with Crippen molar-refractivity contribution in [1.29, 1.82) is 0 Å². The molecule has 0 aliphatic carbocycles. The number of nitrogens with zero attached hydrogens (tertiary/aromatic N) is 5. The van der Waals surface area contributed by atoms with Crippen molar-refractivity contribution in [3.8, 4) is 5.69 Å². The Morgan fingerprint density at radius 1 is 1.28 bits per heavy atom. The van der Waals surface area contributed by atoms with E-state index in [4.69, 9.17) is 0 Å². The number of hydrogen-bond donors (Lipinski definition) is 1. The molecule has 2 aromatic rings. The number of rotatable bonds is 5. The first-order chi connectivity index (χ1) is 11.9. The molecule has 0 bridgehead atoms. The molecule has 1 aliphatic heterocycles. The zero-order chi connectivity index (χ0) is 17.9. The minimum Gasteiger partial charge on any atom is -0.350 e. The van der Waals surface area contributed by atoms with Crippen LogP contribution in [0.3, 0.4) is 0 Å². The Labute approximate surface area is 146 Å². The first-order valence-electron chi connectivity index (χ1n) is 7.98. The molecular weight excluding hydrogens is 344 g/mol. The van der Waals surface area contributed by atoms with E-state index in [1.165, 1.54) is 10.6 Å². The fourth-order valence-corrected chi connectivity index (χ4v) is 3.65. The highest BCUT2D eigenvalue weighted by molar-refractivity contribution is 7.88. The van der Waals surface area contributed by atoms with Gasteiger partial charge in [-0.3, -0.25) is 9.78 Å². The second kappa shape index (κ2) is 7.28. The Balaban J connectivity index is 1.51. The Morgan fingerprint density at radius 2 is 1.96 bits per heavy atom. The van der Waals surface area contributed by atoms with Gasteiger partial charge >= 0.3 is 0 Å². The monoisotopic (exact) mass is 364 g/mol. The van der Waals surface area contributed by atoms with Crippen LogP contribution >= 0.6 is 0 Å². The summed E-state index contributed by atoms with van der Waals surface area (Å²) in [6, 6.07) is 3.62. The average Bonchev–Trinajstić information content (AvgIpc) is 3.09. The largest absolute Gasteiger partial charge is 0.350 e. The summed E-state index contributed by atoms with van der Waals surface area (Å²) in [6.45, 7) is 1.06. The third kappa shape index (κ3) is 4.40. The molecule has 0 saturated carbocycles. The Bertz CT molecular complexity index is 828. The maximum absolute atomic E-state index is 12.3. The minimum atomic E-state index is -3.18. The third-order valence-electron chi connectivity index (χ3n) is 4.21. The second-order valence-corrected chi connectivity index (χ2v) is 8.00. The normalized spacial score (nSPS) is 16.7. The summed E-state index contributed by atoms with van der Waals surface area (Å²) in [7, 11) is -3.18. The second-order valence-electron chi connectivity index (χ2n) is 6.01. The smallest absolute Gasteiger partial charge is 0.223 e. The molecule has 0 unspecified atom stereocenters. The van der Waals surface area contributed by atoms with E-state index in [9.17, 15) is 13.2 Å². The predicted molar refractivity (Wildman–Crippen MR) is 90.1 cm³/mol. The minimum absolute atomic E-state index is 0.0772. The van der Waals surface area contributed by atoms with Gasteiger partial charge in [0, 0.05) is 31.4 Å². The summed E-state index contributed by atoms with van der Waals surface area (Å²) in [4.78, 5) is 16.2. The molecule has 3 rings (SSSR count). The number of hydrogen-bond acceptors (Lipinski definition) is 6. The van der Waals surface area contributed by atoms with E-state index in [-0.39, 0.29) is 18.4 Å². The molecular formula is C15H20N6O3S. The van der Waals surface area contributed by atoms with Gasteiger partial charge in [0.05, 0.1) is 24.7 Å². The lowest BCUT2D eigenvalue weighted by Gasteiger charge is -2.29. The van der Waals surface area contributed by atoms with Crippen LogP contribution in [0.5, 0.6) is 0 Å². The van der Waals surface area contributed by atoms with Crippen molar-refractivity contribution in [2.45, 2.75) is 19.4 Å². The zero-order valence-electron chi connectivity index (χ0n) is 13.9. The summed E-state index contributed by atoms with van der Waals surface area (Å²) < 4.78 is 26.0. The molecule has 3 heterocycles. The predicted octanol–water partition coefficient (Wildman–Crippen LogP) is -0.0499. The number of piperidine rings is 1. The van der Waals surface area contributed by atoms with Crippen LogP contribution in [0.25, 0.3) is 5.69 Å². The van der Waals surface area contributed by atoms with E-state index in [1.54, 1.807) is 23.3 Å². The Hall–Kier alpha value is -2.33. The molecule has 25 heavy (non-hydrogen) atoms. The van der Waals surface area contributed by atoms with Crippen molar-refractivity contribution in [2.75, 3.05) is 19.3 Å². The third-order valence-corrected chi connectivity index (χ3v) is 5.51. The van der Waals surface area contributed by atoms with Crippen molar-refractivity contribution in [1.82, 2.24) is 29.6 Å². The topological polar surface area (TPSA) is 110 Å². The number of amides is 1. The van der Waals surface area contributed by atoms with Crippen LogP contribution in [0, 0.1) is 5.92 Å². The molecule has 0 atom stereocenters. The van der Waals surface area contributed by atoms with E-state index in [2.05, 4.69) is 20.6 Å². The quantitative estimate of drug-likeness (QED) is 0.796. The van der Waals surface area contributed by atoms with Crippen molar-refractivity contribution in [2.24, 2.45) is 5.92 Å². The van der Waals surface area contributed by atoms with Gasteiger partial charge < -0.3 is 5.32 Å². The van der Waals surface area contributed by atoms with Crippen LogP contribution in [0.2, 0.25) is 0 Å². The summed E-state index contributed by atoms with van der Waals surface area (Å²) in [5.41, 5.74) is 1.49. The molecule has 1 aliphatic rings. The van der Waals surface area contributed by atoms with Gasteiger partial charge in [-0.1, -0.05) is 5.21 Å². The highest BCUT2D eigenvalue weighted by Crippen LogP contribution is 2.19. The lowest BCUT2D eigenvalue weighted by Crippen LogP contribution is -2.42. The standard InChI is InChI=1S/C15H20N6O3S/c1-25(23,24)20-8-4-12(5-9-20)15(22)17-10-13-11-21(19-18-13)14-2-6-16-7-3-14/h2-3,6-7,11-12H,4-5,8-10H2,1H3,(H,17,22). The van der Waals surface area contributed by atoms with Crippen LogP contribution in [0.4, 0.5) is 0 Å². The molecule has 1 N–H and O–H groups in total. The average molecular weight is 364 g/mol. The van der Waals surface area contributed by atoms with Crippen LogP contribution in [-0.4, -0.2) is 58.0 Å². The molecule has 10 heteroatoms. The van der Waals surface area contributed by atoms with E-state index < -0.39 is 10.0 Å². The van der Waals surface area contributed by atoms with Crippen LogP contribution < -0.4 is 5.32 Å². The summed E-state index contributed by atoms with van der Waals surface area (Å²) in [5, 5.41) is 10.9. The Kier molecular flexibility index (Phi) is 5.09. The summed E-state index contributed by atoms with van der Waals surface area (Å²) in [5.74, 6) is -0.250. The Morgan fingerprint density at radius 3 is 2.60 bits per heavy atom. The van der Waals surface area contributed by atoms with Gasteiger partial charge in [-0.05, 0) is 25.0 Å². The lowest BCUT2D eigenvalue weighted by atomic mass is 9.97. The van der Waals surface area contributed by atoms with Crippen molar-refractivity contribution >= 4 is 15.9 Å². The molecule has 0 aromatic carbocycles. The molecule has 1 amide bonds. The molecule has 2 aromatic heterocycles. The highest BCUT2D eigenvalue weighted by atomic mass is 32.2. The van der Waals surface area contributed by atoms with Gasteiger partial charge in [0.1, 0.15) is 5.69 Å². The molecule has 1 saturated heterocycles. The molecule has 0 radical (unpaired) electrons. The van der Waals surface area contributed by atoms with E-state index >= 15 is 0 Å².